The van der Waals surface area contributed by atoms with Gasteiger partial charge in [0.2, 0.25) is 0 Å². The molecular weight excluding hydrogens is 596 g/mol. The lowest BCUT2D eigenvalue weighted by Crippen LogP contribution is -2.55. The van der Waals surface area contributed by atoms with Crippen LogP contribution in [0.1, 0.15) is 35.3 Å². The van der Waals surface area contributed by atoms with E-state index in [1.165, 1.54) is 0 Å². The summed E-state index contributed by atoms with van der Waals surface area (Å²) in [7, 11) is 2.05. The Morgan fingerprint density at radius 2 is 1.79 bits per heavy atom. The fourth-order valence-corrected chi connectivity index (χ4v) is 6.16. The molecule has 2 saturated heterocycles. The lowest BCUT2D eigenvalue weighted by molar-refractivity contribution is 0.0768. The fraction of sp³-hybridized carbons (Fsp3) is 0.343. The van der Waals surface area contributed by atoms with Crippen LogP contribution in [0.5, 0.6) is 6.01 Å². The van der Waals surface area contributed by atoms with Crippen LogP contribution in [-0.4, -0.2) is 83.7 Å². The highest BCUT2D eigenvalue weighted by Crippen LogP contribution is 2.31. The van der Waals surface area contributed by atoms with E-state index in [1.54, 1.807) is 4.90 Å². The molecule has 6 rings (SSSR count). The van der Waals surface area contributed by atoms with Crippen molar-refractivity contribution in [1.82, 2.24) is 19.8 Å². The Hall–Kier alpha value is -5.41. The first-order valence-corrected chi connectivity index (χ1v) is 15.8. The third-order valence-corrected chi connectivity index (χ3v) is 8.78. The maximum absolute atomic E-state index is 13.8. The topological polar surface area (TPSA) is 150 Å². The number of piperazine rings is 1. The van der Waals surface area contributed by atoms with E-state index >= 15 is 0 Å². The van der Waals surface area contributed by atoms with Crippen molar-refractivity contribution in [3.8, 4) is 12.1 Å². The second-order valence-corrected chi connectivity index (χ2v) is 11.9. The van der Waals surface area contributed by atoms with Gasteiger partial charge in [-0.1, -0.05) is 66.7 Å². The smallest absolute Gasteiger partial charge is 0.410 e. The van der Waals surface area contributed by atoms with E-state index in [1.807, 2.05) is 77.7 Å². The summed E-state index contributed by atoms with van der Waals surface area (Å²) in [5.74, 6) is -0.180. The number of carbonyl (C=O) groups excluding carboxylic acids is 2. The van der Waals surface area contributed by atoms with Gasteiger partial charge in [-0.25, -0.2) is 4.79 Å². The Morgan fingerprint density at radius 3 is 2.57 bits per heavy atom. The molecule has 2 atom stereocenters. The molecule has 0 saturated carbocycles. The number of benzene rings is 3. The van der Waals surface area contributed by atoms with Crippen molar-refractivity contribution < 1.29 is 19.1 Å². The van der Waals surface area contributed by atoms with Crippen LogP contribution in [0.2, 0.25) is 0 Å². The minimum absolute atomic E-state index is 0.0146. The molecule has 0 bridgehead atoms. The number of nitriles is 1. The van der Waals surface area contributed by atoms with E-state index in [4.69, 9.17) is 15.2 Å². The largest absolute Gasteiger partial charge is 0.462 e. The van der Waals surface area contributed by atoms with E-state index in [0.29, 0.717) is 24.7 Å². The van der Waals surface area contributed by atoms with Gasteiger partial charge in [0, 0.05) is 36.7 Å². The predicted molar refractivity (Wildman–Crippen MR) is 179 cm³/mol. The van der Waals surface area contributed by atoms with Gasteiger partial charge in [-0.3, -0.25) is 4.79 Å². The summed E-state index contributed by atoms with van der Waals surface area (Å²) in [6.45, 7) is 2.35. The summed E-state index contributed by atoms with van der Waals surface area (Å²) in [4.78, 5) is 41.8. The number of ether oxygens (including phenoxy) is 2. The van der Waals surface area contributed by atoms with Gasteiger partial charge in [0.1, 0.15) is 18.9 Å². The number of hydrogen-bond donors (Lipinski definition) is 2. The summed E-state index contributed by atoms with van der Waals surface area (Å²) in [6.07, 6.45) is 1.65. The summed E-state index contributed by atoms with van der Waals surface area (Å²) >= 11 is 0. The van der Waals surface area contributed by atoms with Crippen LogP contribution >= 0.6 is 0 Å². The average Bonchev–Trinajstić information content (AvgIpc) is 3.51. The second kappa shape index (κ2) is 14.3. The van der Waals surface area contributed by atoms with Crippen molar-refractivity contribution in [3.05, 3.63) is 84.1 Å². The highest BCUT2D eigenvalue weighted by atomic mass is 16.6. The van der Waals surface area contributed by atoms with Crippen molar-refractivity contribution in [2.45, 2.75) is 38.0 Å². The highest BCUT2D eigenvalue weighted by molar-refractivity contribution is 6.11. The maximum Gasteiger partial charge on any atom is 0.410 e. The number of nitrogens with two attached hydrogens (primary N) is 1. The van der Waals surface area contributed by atoms with Gasteiger partial charge in [0.15, 0.2) is 11.5 Å². The molecule has 4 aromatic rings. The Labute approximate surface area is 273 Å². The van der Waals surface area contributed by atoms with Gasteiger partial charge in [-0.05, 0) is 43.5 Å². The van der Waals surface area contributed by atoms with Crippen molar-refractivity contribution in [2.75, 3.05) is 55.8 Å². The first kappa shape index (κ1) is 31.6. The van der Waals surface area contributed by atoms with Crippen molar-refractivity contribution >= 4 is 40.0 Å². The molecule has 2 amide bonds. The third-order valence-electron chi connectivity index (χ3n) is 8.78. The Morgan fingerprint density at radius 1 is 1.00 bits per heavy atom. The first-order chi connectivity index (χ1) is 22.9. The summed E-state index contributed by atoms with van der Waals surface area (Å²) in [6, 6.07) is 24.8. The third kappa shape index (κ3) is 7.21. The van der Waals surface area contributed by atoms with Crippen molar-refractivity contribution in [2.24, 2.45) is 0 Å². The number of nitrogen functional groups attached to an aromatic ring is 1. The number of aromatic nitrogens is 2. The molecule has 2 fully saturated rings. The quantitative estimate of drug-likeness (QED) is 0.266. The molecule has 0 radical (unpaired) electrons. The zero-order valence-corrected chi connectivity index (χ0v) is 26.3. The zero-order valence-electron chi connectivity index (χ0n) is 26.3. The molecule has 3 heterocycles. The number of carbonyl (C=O) groups is 2. The molecule has 12 heteroatoms. The van der Waals surface area contributed by atoms with Gasteiger partial charge < -0.3 is 35.2 Å². The number of hydrogen-bond acceptors (Lipinski definition) is 10. The number of amides is 2. The number of likely N-dealkylation sites (tertiary alicyclic amines) is 1. The van der Waals surface area contributed by atoms with Gasteiger partial charge in [0.05, 0.1) is 18.5 Å². The molecule has 1 aromatic heterocycles. The summed E-state index contributed by atoms with van der Waals surface area (Å²) < 4.78 is 11.7. The molecule has 12 nitrogen and oxygen atoms in total. The molecule has 242 valence electrons. The number of fused-ring (bicyclic) bond motifs is 1. The van der Waals surface area contributed by atoms with E-state index in [9.17, 15) is 14.9 Å². The van der Waals surface area contributed by atoms with Crippen LogP contribution in [0.15, 0.2) is 72.8 Å². The number of rotatable bonds is 9. The molecule has 0 unspecified atom stereocenters. The van der Waals surface area contributed by atoms with E-state index < -0.39 is 18.0 Å². The van der Waals surface area contributed by atoms with E-state index in [-0.39, 0.29) is 49.6 Å². The lowest BCUT2D eigenvalue weighted by Gasteiger charge is -2.40. The molecule has 3 N–H and O–H groups in total. The SMILES string of the molecule is CN1CCC[C@H]1COc1nc(C(=O)Nc2cccc3ccccc23)c(N)c(N2CCN(C(=O)OCc3ccccc3)[C@@H](CC#N)C2)n1. The number of likely N-dealkylation sites (N-methyl/N-ethyl adjacent to an activating group) is 1. The average molecular weight is 635 g/mol. The first-order valence-electron chi connectivity index (χ1n) is 15.8. The molecule has 0 aliphatic carbocycles. The number of nitrogens with zero attached hydrogens (tertiary/aromatic N) is 6. The standard InChI is InChI=1S/C35H38N8O4/c1-41-18-8-13-27(41)23-46-34-39-31(33(44)38-29-15-7-12-25-11-5-6-14-28(25)29)30(37)32(40-34)42-19-20-43(26(21-42)16-17-36)35(45)47-22-24-9-3-2-4-10-24/h2-7,9-12,14-15,26-27H,8,13,16,18-23,37H2,1H3,(H,38,44)/t26-,27-/m0/s1. The molecule has 0 spiro atoms. The van der Waals surface area contributed by atoms with Crippen LogP contribution in [0.4, 0.5) is 22.0 Å². The summed E-state index contributed by atoms with van der Waals surface area (Å²) in [5, 5.41) is 14.5. The minimum atomic E-state index is -0.498. The molecule has 2 aliphatic rings. The normalized spacial score (nSPS) is 18.1. The maximum atomic E-state index is 13.8. The van der Waals surface area contributed by atoms with Gasteiger partial charge >= 0.3 is 12.1 Å². The van der Waals surface area contributed by atoms with Gasteiger partial charge in [-0.2, -0.15) is 15.2 Å². The monoisotopic (exact) mass is 634 g/mol. The minimum Gasteiger partial charge on any atom is -0.462 e. The van der Waals surface area contributed by atoms with Crippen LogP contribution < -0.4 is 20.7 Å². The van der Waals surface area contributed by atoms with Crippen LogP contribution in [0.3, 0.4) is 0 Å². The Bertz CT molecular complexity index is 1770. The number of nitrogens with one attached hydrogen (secondary N) is 1. The second-order valence-electron chi connectivity index (χ2n) is 11.9. The molecule has 3 aromatic carbocycles. The molecular formula is C35H38N8O4. The molecule has 2 aliphatic heterocycles. The zero-order chi connectivity index (χ0) is 32.8. The Balaban J connectivity index is 1.26. The van der Waals surface area contributed by atoms with Crippen molar-refractivity contribution in [1.29, 1.82) is 5.26 Å². The van der Waals surface area contributed by atoms with E-state index in [2.05, 4.69) is 33.3 Å². The van der Waals surface area contributed by atoms with Crippen molar-refractivity contribution in [3.63, 3.8) is 0 Å². The Kier molecular flexibility index (Phi) is 9.64. The lowest BCUT2D eigenvalue weighted by atomic mass is 10.1. The fourth-order valence-electron chi connectivity index (χ4n) is 6.16. The van der Waals surface area contributed by atoms with Crippen LogP contribution in [-0.2, 0) is 11.3 Å². The summed E-state index contributed by atoms with van der Waals surface area (Å²) in [5.41, 5.74) is 8.22. The van der Waals surface area contributed by atoms with E-state index in [0.717, 1.165) is 35.7 Å². The van der Waals surface area contributed by atoms with Crippen LogP contribution in [0.25, 0.3) is 10.8 Å². The number of anilines is 3. The molecule has 47 heavy (non-hydrogen) atoms. The van der Waals surface area contributed by atoms with Gasteiger partial charge in [0.25, 0.3) is 5.91 Å². The van der Waals surface area contributed by atoms with Crippen LogP contribution in [0, 0.1) is 11.3 Å². The predicted octanol–water partition coefficient (Wildman–Crippen LogP) is 4.68. The highest BCUT2D eigenvalue weighted by Gasteiger charge is 2.34. The van der Waals surface area contributed by atoms with Gasteiger partial charge in [-0.15, -0.1) is 0 Å².